The Hall–Kier alpha value is -2.25. The summed E-state index contributed by atoms with van der Waals surface area (Å²) in [6.45, 7) is 0. The van der Waals surface area contributed by atoms with Gasteiger partial charge in [-0.25, -0.2) is 0 Å². The van der Waals surface area contributed by atoms with E-state index in [2.05, 4.69) is 97.1 Å². The van der Waals surface area contributed by atoms with Crippen molar-refractivity contribution < 1.29 is 0 Å². The summed E-state index contributed by atoms with van der Waals surface area (Å²) in [5, 5.41) is 3.02. The first-order valence-corrected chi connectivity index (χ1v) is 8.83. The van der Waals surface area contributed by atoms with Crippen LogP contribution in [0.2, 0.25) is 0 Å². The zero-order valence-electron chi connectivity index (χ0n) is 12.8. The van der Waals surface area contributed by atoms with Crippen LogP contribution in [-0.2, 0) is 0 Å². The second kappa shape index (κ2) is 6.47. The van der Waals surface area contributed by atoms with Crippen LogP contribution in [0.25, 0.3) is 10.8 Å². The topological polar surface area (TPSA) is 0 Å². The Morgan fingerprint density at radius 1 is 0.696 bits per heavy atom. The smallest absolute Gasteiger partial charge is 0.0441 e. The van der Waals surface area contributed by atoms with Crippen molar-refractivity contribution in [1.29, 1.82) is 0 Å². The summed E-state index contributed by atoms with van der Waals surface area (Å²) in [6, 6.07) is 26.1. The van der Waals surface area contributed by atoms with Crippen LogP contribution >= 0.6 is 11.8 Å². The number of benzene rings is 3. The highest BCUT2D eigenvalue weighted by Crippen LogP contribution is 2.43. The molecule has 1 unspecified atom stereocenters. The van der Waals surface area contributed by atoms with Crippen molar-refractivity contribution in [2.45, 2.75) is 10.1 Å². The highest BCUT2D eigenvalue weighted by molar-refractivity contribution is 7.99. The molecule has 0 amide bonds. The molecule has 0 bridgehead atoms. The van der Waals surface area contributed by atoms with Gasteiger partial charge >= 0.3 is 0 Å². The van der Waals surface area contributed by atoms with E-state index in [1.807, 2.05) is 11.8 Å². The minimum atomic E-state index is 0.410. The fourth-order valence-electron chi connectivity index (χ4n) is 3.05. The van der Waals surface area contributed by atoms with Gasteiger partial charge < -0.3 is 0 Å². The zero-order chi connectivity index (χ0) is 15.5. The average molecular weight is 314 g/mol. The third-order valence-corrected chi connectivity index (χ3v) is 5.61. The number of fused-ring (bicyclic) bond motifs is 1. The van der Waals surface area contributed by atoms with E-state index in [4.69, 9.17) is 0 Å². The third kappa shape index (κ3) is 3.11. The average Bonchev–Trinajstić information content (AvgIpc) is 3.14. The summed E-state index contributed by atoms with van der Waals surface area (Å²) in [5.41, 5.74) is 1.38. The Labute approximate surface area is 141 Å². The number of rotatable bonds is 4. The highest BCUT2D eigenvalue weighted by Gasteiger charge is 2.21. The van der Waals surface area contributed by atoms with Crippen molar-refractivity contribution in [3.63, 3.8) is 0 Å². The molecule has 0 saturated carbocycles. The summed E-state index contributed by atoms with van der Waals surface area (Å²) in [7, 11) is 0. The van der Waals surface area contributed by atoms with Crippen LogP contribution in [0.4, 0.5) is 0 Å². The number of hydrogen-bond donors (Lipinski definition) is 0. The molecule has 0 N–H and O–H groups in total. The van der Waals surface area contributed by atoms with E-state index in [1.54, 1.807) is 0 Å². The van der Waals surface area contributed by atoms with E-state index in [9.17, 15) is 0 Å². The van der Waals surface area contributed by atoms with E-state index in [0.717, 1.165) is 0 Å². The van der Waals surface area contributed by atoms with E-state index >= 15 is 0 Å². The van der Waals surface area contributed by atoms with Crippen molar-refractivity contribution in [1.82, 2.24) is 0 Å². The quantitative estimate of drug-likeness (QED) is 0.501. The maximum atomic E-state index is 2.30. The molecular formula is C22H18S. The minimum Gasteiger partial charge on any atom is -0.117 e. The largest absolute Gasteiger partial charge is 0.117 e. The Morgan fingerprint density at radius 2 is 1.39 bits per heavy atom. The van der Waals surface area contributed by atoms with Gasteiger partial charge in [-0.1, -0.05) is 85.0 Å². The van der Waals surface area contributed by atoms with Crippen LogP contribution in [-0.4, -0.2) is 0 Å². The lowest BCUT2D eigenvalue weighted by Crippen LogP contribution is -2.03. The molecule has 0 nitrogen and oxygen atoms in total. The van der Waals surface area contributed by atoms with Crippen LogP contribution in [0.1, 0.15) is 10.8 Å². The Bertz CT molecular complexity index is 849. The molecule has 3 aromatic rings. The number of allylic oxidation sites excluding steroid dienone is 4. The second-order valence-electron chi connectivity index (χ2n) is 5.81. The zero-order valence-corrected chi connectivity index (χ0v) is 13.6. The van der Waals surface area contributed by atoms with Gasteiger partial charge in [0.15, 0.2) is 0 Å². The maximum absolute atomic E-state index is 2.30. The van der Waals surface area contributed by atoms with E-state index < -0.39 is 0 Å². The van der Waals surface area contributed by atoms with Crippen LogP contribution < -0.4 is 0 Å². The number of thioether (sulfide) groups is 1. The predicted octanol–water partition coefficient (Wildman–Crippen LogP) is 6.42. The molecule has 112 valence electrons. The molecule has 0 saturated heterocycles. The maximum Gasteiger partial charge on any atom is 0.0441 e. The van der Waals surface area contributed by atoms with Crippen LogP contribution in [0.15, 0.2) is 102 Å². The van der Waals surface area contributed by atoms with Crippen LogP contribution in [0, 0.1) is 5.92 Å². The monoisotopic (exact) mass is 314 g/mol. The Balaban J connectivity index is 1.68. The van der Waals surface area contributed by atoms with Gasteiger partial charge in [0.05, 0.1) is 0 Å². The SMILES string of the molecule is C1=CC(C(Sc2ccc3ccccc3c2)c2ccccc2)C=C1. The molecule has 3 aromatic carbocycles. The van der Waals surface area contributed by atoms with E-state index in [-0.39, 0.29) is 0 Å². The summed E-state index contributed by atoms with van der Waals surface area (Å²) in [4.78, 5) is 1.33. The lowest BCUT2D eigenvalue weighted by atomic mass is 10.0. The highest BCUT2D eigenvalue weighted by atomic mass is 32.2. The molecule has 4 rings (SSSR count). The third-order valence-electron chi connectivity index (χ3n) is 4.24. The molecule has 0 fully saturated rings. The molecular weight excluding hydrogens is 296 g/mol. The first-order valence-electron chi connectivity index (χ1n) is 7.95. The van der Waals surface area contributed by atoms with Gasteiger partial charge in [0.1, 0.15) is 0 Å². The fourth-order valence-corrected chi connectivity index (χ4v) is 4.32. The molecule has 0 aromatic heterocycles. The molecule has 1 heteroatoms. The predicted molar refractivity (Wildman–Crippen MR) is 101 cm³/mol. The van der Waals surface area contributed by atoms with Gasteiger partial charge in [-0.2, -0.15) is 0 Å². The summed E-state index contributed by atoms with van der Waals surface area (Å²) in [6.07, 6.45) is 8.90. The molecule has 1 aliphatic carbocycles. The van der Waals surface area contributed by atoms with Gasteiger partial charge in [0.25, 0.3) is 0 Å². The van der Waals surface area contributed by atoms with Gasteiger partial charge in [-0.05, 0) is 28.5 Å². The van der Waals surface area contributed by atoms with Gasteiger partial charge in [-0.15, -0.1) is 11.8 Å². The molecule has 0 aliphatic heterocycles. The molecule has 23 heavy (non-hydrogen) atoms. The van der Waals surface area contributed by atoms with Gasteiger partial charge in [0, 0.05) is 16.1 Å². The molecule has 0 radical (unpaired) electrons. The standard InChI is InChI=1S/C22H18S/c1-2-9-18(10-3-1)22(19-11-5-6-12-19)23-21-15-14-17-8-4-7-13-20(17)16-21/h1-16,19,22H. The van der Waals surface area contributed by atoms with Crippen LogP contribution in [0.3, 0.4) is 0 Å². The molecule has 1 aliphatic rings. The Morgan fingerprint density at radius 3 is 2.17 bits per heavy atom. The molecule has 0 heterocycles. The first-order chi connectivity index (χ1) is 11.4. The second-order valence-corrected chi connectivity index (χ2v) is 7.02. The Kier molecular flexibility index (Phi) is 4.04. The summed E-state index contributed by atoms with van der Waals surface area (Å²) >= 11 is 1.95. The van der Waals surface area contributed by atoms with E-state index in [1.165, 1.54) is 21.2 Å². The van der Waals surface area contributed by atoms with Crippen molar-refractivity contribution >= 4 is 22.5 Å². The van der Waals surface area contributed by atoms with Crippen LogP contribution in [0.5, 0.6) is 0 Å². The van der Waals surface area contributed by atoms with Gasteiger partial charge in [-0.3, -0.25) is 0 Å². The first kappa shape index (κ1) is 14.3. The van der Waals surface area contributed by atoms with Crippen molar-refractivity contribution in [2.24, 2.45) is 5.92 Å². The minimum absolute atomic E-state index is 0.410. The summed E-state index contributed by atoms with van der Waals surface area (Å²) < 4.78 is 0. The number of hydrogen-bond acceptors (Lipinski definition) is 1. The van der Waals surface area contributed by atoms with Crippen molar-refractivity contribution in [3.8, 4) is 0 Å². The van der Waals surface area contributed by atoms with Gasteiger partial charge in [0.2, 0.25) is 0 Å². The lowest BCUT2D eigenvalue weighted by Gasteiger charge is -2.21. The normalized spacial score (nSPS) is 15.3. The fraction of sp³-hybridized carbons (Fsp3) is 0.0909. The molecule has 1 atom stereocenters. The summed E-state index contributed by atoms with van der Waals surface area (Å²) in [5.74, 6) is 0.453. The van der Waals surface area contributed by atoms with Crippen molar-refractivity contribution in [3.05, 3.63) is 103 Å². The lowest BCUT2D eigenvalue weighted by molar-refractivity contribution is 0.793. The van der Waals surface area contributed by atoms with E-state index in [0.29, 0.717) is 11.2 Å². The molecule has 0 spiro atoms. The van der Waals surface area contributed by atoms with Crippen molar-refractivity contribution in [2.75, 3.05) is 0 Å².